The minimum atomic E-state index is -0.423. The summed E-state index contributed by atoms with van der Waals surface area (Å²) in [5.74, 6) is 0. The molecule has 3 heteroatoms. The van der Waals surface area contributed by atoms with E-state index in [0.29, 0.717) is 11.7 Å². The van der Waals surface area contributed by atoms with E-state index in [0.717, 1.165) is 0 Å². The highest BCUT2D eigenvalue weighted by molar-refractivity contribution is 7.51. The van der Waals surface area contributed by atoms with Crippen LogP contribution in [0, 0.1) is 0 Å². The van der Waals surface area contributed by atoms with Crippen LogP contribution in [0.2, 0.25) is 0 Å². The molecule has 18 heavy (non-hydrogen) atoms. The molecule has 98 valence electrons. The zero-order valence-electron chi connectivity index (χ0n) is 11.5. The Morgan fingerprint density at radius 3 is 2.72 bits per heavy atom. The van der Waals surface area contributed by atoms with Crippen molar-refractivity contribution in [2.24, 2.45) is 0 Å². The molecule has 0 saturated carbocycles. The first-order valence-corrected chi connectivity index (χ1v) is 8.21. The molecule has 2 nitrogen and oxygen atoms in total. The molecule has 3 atom stereocenters. The number of hydrogen-bond acceptors (Lipinski definition) is 2. The smallest absolute Gasteiger partial charge is 0.112 e. The maximum absolute atomic E-state index is 6.55. The molecule has 2 aliphatic heterocycles. The zero-order chi connectivity index (χ0) is 12.8. The van der Waals surface area contributed by atoms with Crippen molar-refractivity contribution in [2.45, 2.75) is 50.9 Å². The summed E-state index contributed by atoms with van der Waals surface area (Å²) >= 11 is 0. The quantitative estimate of drug-likeness (QED) is 0.744. The Kier molecular flexibility index (Phi) is 3.21. The summed E-state index contributed by atoms with van der Waals surface area (Å²) < 4.78 is 9.20. The van der Waals surface area contributed by atoms with E-state index in [1.54, 1.807) is 0 Å². The summed E-state index contributed by atoms with van der Waals surface area (Å²) in [6.07, 6.45) is 2.60. The molecule has 0 unspecified atom stereocenters. The molecule has 2 aliphatic rings. The fourth-order valence-electron chi connectivity index (χ4n) is 3.27. The van der Waals surface area contributed by atoms with E-state index in [9.17, 15) is 0 Å². The van der Waals surface area contributed by atoms with E-state index in [2.05, 4.69) is 55.8 Å². The van der Waals surface area contributed by atoms with Gasteiger partial charge in [0.05, 0.1) is 0 Å². The van der Waals surface area contributed by atoms with Gasteiger partial charge < -0.3 is 4.52 Å². The first-order chi connectivity index (χ1) is 8.63. The van der Waals surface area contributed by atoms with Crippen molar-refractivity contribution < 1.29 is 4.52 Å². The highest BCUT2D eigenvalue weighted by atomic mass is 31.2. The standard InChI is InChI=1S/C15H22NOP/c1-12(2)18-16-11-7-10-14(16)15(3,17-18)13-8-5-4-6-9-13/h4-6,8-9,12,14H,7,10-11H2,1-3H3/t14-,15+,18-/m0/s1. The second kappa shape index (κ2) is 4.59. The Morgan fingerprint density at radius 2 is 2.06 bits per heavy atom. The third-order valence-corrected chi connectivity index (χ3v) is 6.62. The van der Waals surface area contributed by atoms with E-state index in [4.69, 9.17) is 4.52 Å². The summed E-state index contributed by atoms with van der Waals surface area (Å²) in [4.78, 5) is 0. The lowest BCUT2D eigenvalue weighted by Gasteiger charge is -2.29. The summed E-state index contributed by atoms with van der Waals surface area (Å²) in [5.41, 5.74) is 1.85. The third-order valence-electron chi connectivity index (χ3n) is 4.19. The number of hydrogen-bond donors (Lipinski definition) is 0. The van der Waals surface area contributed by atoms with E-state index in [1.165, 1.54) is 24.9 Å². The van der Waals surface area contributed by atoms with Gasteiger partial charge in [-0.3, -0.25) is 4.67 Å². The molecule has 0 N–H and O–H groups in total. The van der Waals surface area contributed by atoms with Crippen molar-refractivity contribution >= 4 is 8.30 Å². The molecule has 0 amide bonds. The first-order valence-electron chi connectivity index (χ1n) is 6.93. The van der Waals surface area contributed by atoms with Gasteiger partial charge in [0.25, 0.3) is 0 Å². The maximum atomic E-state index is 6.55. The van der Waals surface area contributed by atoms with Crippen LogP contribution in [0.25, 0.3) is 0 Å². The SMILES string of the molecule is CC(C)[P@]1O[C@](C)(c2ccccc2)[C@@H]2CCCN21. The van der Waals surface area contributed by atoms with Gasteiger partial charge in [-0.1, -0.05) is 44.2 Å². The lowest BCUT2D eigenvalue weighted by atomic mass is 9.87. The molecule has 2 heterocycles. The van der Waals surface area contributed by atoms with Crippen molar-refractivity contribution in [2.75, 3.05) is 6.54 Å². The van der Waals surface area contributed by atoms with Crippen LogP contribution in [-0.4, -0.2) is 22.9 Å². The minimum absolute atomic E-state index is 0.103. The highest BCUT2D eigenvalue weighted by Gasteiger charge is 2.54. The molecule has 0 bridgehead atoms. The number of nitrogens with zero attached hydrogens (tertiary/aromatic N) is 1. The van der Waals surface area contributed by atoms with Crippen LogP contribution in [0.4, 0.5) is 0 Å². The molecule has 1 aromatic carbocycles. The normalized spacial score (nSPS) is 36.2. The van der Waals surface area contributed by atoms with Crippen LogP contribution < -0.4 is 0 Å². The molecule has 0 spiro atoms. The van der Waals surface area contributed by atoms with E-state index >= 15 is 0 Å². The Bertz CT molecular complexity index is 422. The van der Waals surface area contributed by atoms with E-state index < -0.39 is 8.30 Å². The van der Waals surface area contributed by atoms with Gasteiger partial charge in [0, 0.05) is 18.2 Å². The molecule has 2 fully saturated rings. The molecule has 0 aromatic heterocycles. The van der Waals surface area contributed by atoms with Crippen molar-refractivity contribution in [3.05, 3.63) is 35.9 Å². The number of fused-ring (bicyclic) bond motifs is 1. The molecule has 1 aromatic rings. The van der Waals surface area contributed by atoms with Crippen LogP contribution in [0.5, 0.6) is 0 Å². The average Bonchev–Trinajstić information content (AvgIpc) is 2.94. The maximum Gasteiger partial charge on any atom is 0.112 e. The number of benzene rings is 1. The molecule has 2 saturated heterocycles. The van der Waals surface area contributed by atoms with Gasteiger partial charge in [-0.15, -0.1) is 0 Å². The third kappa shape index (κ3) is 1.82. The largest absolute Gasteiger partial charge is 0.331 e. The van der Waals surface area contributed by atoms with Gasteiger partial charge >= 0.3 is 0 Å². The van der Waals surface area contributed by atoms with Gasteiger partial charge in [0.2, 0.25) is 0 Å². The summed E-state index contributed by atoms with van der Waals surface area (Å²) in [6, 6.07) is 11.3. The minimum Gasteiger partial charge on any atom is -0.331 e. The van der Waals surface area contributed by atoms with E-state index in [1.807, 2.05) is 0 Å². The zero-order valence-corrected chi connectivity index (χ0v) is 12.4. The summed E-state index contributed by atoms with van der Waals surface area (Å²) in [7, 11) is -0.423. The predicted octanol–water partition coefficient (Wildman–Crippen LogP) is 4.12. The Hall–Kier alpha value is -0.430. The van der Waals surface area contributed by atoms with Gasteiger partial charge in [0.1, 0.15) is 13.9 Å². The lowest BCUT2D eigenvalue weighted by molar-refractivity contribution is 0.0879. The predicted molar refractivity (Wildman–Crippen MR) is 76.7 cm³/mol. The second-order valence-electron chi connectivity index (χ2n) is 5.78. The van der Waals surface area contributed by atoms with Crippen molar-refractivity contribution in [1.29, 1.82) is 0 Å². The number of rotatable bonds is 2. The van der Waals surface area contributed by atoms with Gasteiger partial charge in [-0.05, 0) is 25.3 Å². The first kappa shape index (κ1) is 12.6. The van der Waals surface area contributed by atoms with Gasteiger partial charge in [0.15, 0.2) is 0 Å². The summed E-state index contributed by atoms with van der Waals surface area (Å²) in [6.45, 7) is 8.09. The van der Waals surface area contributed by atoms with Crippen molar-refractivity contribution in [1.82, 2.24) is 4.67 Å². The lowest BCUT2D eigenvalue weighted by Crippen LogP contribution is -2.36. The van der Waals surface area contributed by atoms with Gasteiger partial charge in [-0.2, -0.15) is 0 Å². The molecular formula is C15H22NOP. The fraction of sp³-hybridized carbons (Fsp3) is 0.600. The van der Waals surface area contributed by atoms with Crippen molar-refractivity contribution in [3.8, 4) is 0 Å². The van der Waals surface area contributed by atoms with Crippen LogP contribution in [0.3, 0.4) is 0 Å². The Labute approximate surface area is 111 Å². The Balaban J connectivity index is 1.97. The highest BCUT2D eigenvalue weighted by Crippen LogP contribution is 2.64. The van der Waals surface area contributed by atoms with Crippen LogP contribution in [0.15, 0.2) is 30.3 Å². The van der Waals surface area contributed by atoms with Crippen LogP contribution >= 0.6 is 8.30 Å². The average molecular weight is 263 g/mol. The van der Waals surface area contributed by atoms with E-state index in [-0.39, 0.29) is 5.60 Å². The summed E-state index contributed by atoms with van der Waals surface area (Å²) in [5, 5.41) is 0. The molecule has 0 radical (unpaired) electrons. The topological polar surface area (TPSA) is 12.5 Å². The van der Waals surface area contributed by atoms with Crippen LogP contribution in [0.1, 0.15) is 39.2 Å². The molecular weight excluding hydrogens is 241 g/mol. The fourth-order valence-corrected chi connectivity index (χ4v) is 5.74. The Morgan fingerprint density at radius 1 is 1.33 bits per heavy atom. The molecule has 3 rings (SSSR count). The van der Waals surface area contributed by atoms with Crippen molar-refractivity contribution in [3.63, 3.8) is 0 Å². The second-order valence-corrected chi connectivity index (χ2v) is 8.12. The van der Waals surface area contributed by atoms with Gasteiger partial charge in [-0.25, -0.2) is 0 Å². The monoisotopic (exact) mass is 263 g/mol. The van der Waals surface area contributed by atoms with Crippen LogP contribution in [-0.2, 0) is 10.1 Å². The molecule has 0 aliphatic carbocycles.